The molecule has 0 bridgehead atoms. The minimum atomic E-state index is -3.44. The lowest BCUT2D eigenvalue weighted by Gasteiger charge is -2.05. The van der Waals surface area contributed by atoms with E-state index >= 15 is 0 Å². The van der Waals surface area contributed by atoms with Crippen LogP contribution in [0.15, 0.2) is 18.2 Å². The summed E-state index contributed by atoms with van der Waals surface area (Å²) in [6.45, 7) is 1.42. The Bertz CT molecular complexity index is 528. The summed E-state index contributed by atoms with van der Waals surface area (Å²) in [6.07, 6.45) is 0. The van der Waals surface area contributed by atoms with Gasteiger partial charge in [0, 0.05) is 17.5 Å². The van der Waals surface area contributed by atoms with Crippen LogP contribution in [-0.4, -0.2) is 25.8 Å². The molecule has 7 heteroatoms. The van der Waals surface area contributed by atoms with Crippen molar-refractivity contribution in [2.24, 2.45) is 0 Å². The summed E-state index contributed by atoms with van der Waals surface area (Å²) in [5, 5.41) is 2.18. The Morgan fingerprint density at radius 1 is 1.29 bits per heavy atom. The zero-order chi connectivity index (χ0) is 13.1. The minimum absolute atomic E-state index is 0.0141. The van der Waals surface area contributed by atoms with Gasteiger partial charge in [-0.25, -0.2) is 17.2 Å². The van der Waals surface area contributed by atoms with Crippen molar-refractivity contribution in [3.63, 3.8) is 0 Å². The second kappa shape index (κ2) is 5.22. The molecule has 1 aromatic rings. The fraction of sp³-hybridized carbons (Fsp3) is 0.300. The fourth-order valence-corrected chi connectivity index (χ4v) is 1.75. The maximum absolute atomic E-state index is 12.8. The van der Waals surface area contributed by atoms with E-state index in [1.54, 1.807) is 0 Å². The van der Waals surface area contributed by atoms with E-state index in [4.69, 9.17) is 0 Å². The highest BCUT2D eigenvalue weighted by molar-refractivity contribution is 7.92. The predicted octanol–water partition coefficient (Wildman–Crippen LogP) is 1.34. The molecule has 1 aromatic carbocycles. The summed E-state index contributed by atoms with van der Waals surface area (Å²) in [7, 11) is -3.44. The minimum Gasteiger partial charge on any atom is -0.325 e. The number of nitrogens with one attached hydrogen (secondary N) is 1. The molecule has 1 rings (SSSR count). The average molecular weight is 263 g/mol. The van der Waals surface area contributed by atoms with Crippen LogP contribution in [-0.2, 0) is 14.6 Å². The number of carbonyl (C=O) groups is 1. The molecule has 0 aliphatic rings. The van der Waals surface area contributed by atoms with Crippen LogP contribution in [0.3, 0.4) is 0 Å². The highest BCUT2D eigenvalue weighted by Crippen LogP contribution is 2.13. The van der Waals surface area contributed by atoms with Crippen molar-refractivity contribution in [2.45, 2.75) is 6.92 Å². The first-order valence-electron chi connectivity index (χ1n) is 4.79. The first-order valence-corrected chi connectivity index (χ1v) is 6.61. The van der Waals surface area contributed by atoms with Gasteiger partial charge in [-0.3, -0.25) is 4.79 Å². The molecule has 0 atom stereocenters. The van der Waals surface area contributed by atoms with Crippen LogP contribution >= 0.6 is 0 Å². The van der Waals surface area contributed by atoms with E-state index in [-0.39, 0.29) is 11.4 Å². The number of carbonyl (C=O) groups excluding carboxylic acids is 1. The van der Waals surface area contributed by atoms with Crippen LogP contribution in [0, 0.1) is 11.6 Å². The molecular formula is C10H11F2NO3S. The van der Waals surface area contributed by atoms with Crippen molar-refractivity contribution >= 4 is 21.4 Å². The fourth-order valence-electron chi connectivity index (χ4n) is 1.07. The van der Waals surface area contributed by atoms with Crippen molar-refractivity contribution in [3.8, 4) is 0 Å². The van der Waals surface area contributed by atoms with Crippen LogP contribution in [0.5, 0.6) is 0 Å². The largest absolute Gasteiger partial charge is 0.325 e. The quantitative estimate of drug-likeness (QED) is 0.891. The Morgan fingerprint density at radius 2 is 1.94 bits per heavy atom. The van der Waals surface area contributed by atoms with Crippen LogP contribution in [0.1, 0.15) is 6.92 Å². The van der Waals surface area contributed by atoms with Crippen molar-refractivity contribution in [1.82, 2.24) is 0 Å². The third-order valence-corrected chi connectivity index (χ3v) is 3.58. The smallest absolute Gasteiger partial charge is 0.239 e. The van der Waals surface area contributed by atoms with Gasteiger partial charge in [0.05, 0.1) is 0 Å². The summed E-state index contributed by atoms with van der Waals surface area (Å²) < 4.78 is 47.6. The lowest BCUT2D eigenvalue weighted by molar-refractivity contribution is -0.113. The summed E-state index contributed by atoms with van der Waals surface area (Å²) in [5.41, 5.74) is 0.0141. The molecule has 0 aliphatic carbocycles. The Kier molecular flexibility index (Phi) is 4.17. The van der Waals surface area contributed by atoms with Gasteiger partial charge in [-0.15, -0.1) is 0 Å². The molecule has 0 fully saturated rings. The van der Waals surface area contributed by atoms with Gasteiger partial charge in [-0.05, 0) is 12.1 Å². The standard InChI is InChI=1S/C10H11F2NO3S/c1-2-17(15,16)6-10(14)13-7-3-4-8(11)9(12)5-7/h3-5H,2,6H2,1H3,(H,13,14). The normalized spacial score (nSPS) is 11.2. The van der Waals surface area contributed by atoms with E-state index in [1.807, 2.05) is 0 Å². The molecule has 0 radical (unpaired) electrons. The molecular weight excluding hydrogens is 252 g/mol. The van der Waals surface area contributed by atoms with Crippen molar-refractivity contribution in [3.05, 3.63) is 29.8 Å². The molecule has 0 unspecified atom stereocenters. The molecule has 4 nitrogen and oxygen atoms in total. The predicted molar refractivity (Wildman–Crippen MR) is 59.3 cm³/mol. The molecule has 17 heavy (non-hydrogen) atoms. The van der Waals surface area contributed by atoms with Gasteiger partial charge < -0.3 is 5.32 Å². The maximum atomic E-state index is 12.8. The number of benzene rings is 1. The van der Waals surface area contributed by atoms with E-state index in [9.17, 15) is 22.0 Å². The van der Waals surface area contributed by atoms with E-state index in [0.29, 0.717) is 0 Å². The van der Waals surface area contributed by atoms with Gasteiger partial charge >= 0.3 is 0 Å². The molecule has 0 heterocycles. The van der Waals surface area contributed by atoms with E-state index < -0.39 is 33.1 Å². The van der Waals surface area contributed by atoms with Crippen LogP contribution in [0.4, 0.5) is 14.5 Å². The van der Waals surface area contributed by atoms with Gasteiger partial charge in [0.15, 0.2) is 21.5 Å². The molecule has 0 saturated heterocycles. The zero-order valence-corrected chi connectivity index (χ0v) is 9.85. The third kappa shape index (κ3) is 4.10. The van der Waals surface area contributed by atoms with E-state index in [2.05, 4.69) is 5.32 Å². The lowest BCUT2D eigenvalue weighted by Crippen LogP contribution is -2.24. The number of anilines is 1. The first-order chi connectivity index (χ1) is 7.84. The number of halogens is 2. The van der Waals surface area contributed by atoms with Crippen molar-refractivity contribution in [2.75, 3.05) is 16.8 Å². The second-order valence-electron chi connectivity index (χ2n) is 3.35. The van der Waals surface area contributed by atoms with E-state index in [0.717, 1.165) is 18.2 Å². The molecule has 0 aliphatic heterocycles. The first kappa shape index (κ1) is 13.6. The number of rotatable bonds is 4. The number of hydrogen-bond donors (Lipinski definition) is 1. The van der Waals surface area contributed by atoms with Gasteiger partial charge in [0.2, 0.25) is 5.91 Å². The lowest BCUT2D eigenvalue weighted by atomic mass is 10.3. The average Bonchev–Trinajstić information content (AvgIpc) is 2.23. The zero-order valence-electron chi connectivity index (χ0n) is 9.04. The molecule has 1 amide bonds. The Balaban J connectivity index is 2.72. The number of sulfone groups is 1. The van der Waals surface area contributed by atoms with Crippen molar-refractivity contribution < 1.29 is 22.0 Å². The van der Waals surface area contributed by atoms with Gasteiger partial charge in [0.1, 0.15) is 5.75 Å². The van der Waals surface area contributed by atoms with E-state index in [1.165, 1.54) is 6.92 Å². The summed E-state index contributed by atoms with van der Waals surface area (Å²) in [5.74, 6) is -3.76. The van der Waals surface area contributed by atoms with Crippen molar-refractivity contribution in [1.29, 1.82) is 0 Å². The SMILES string of the molecule is CCS(=O)(=O)CC(=O)Nc1ccc(F)c(F)c1. The van der Waals surface area contributed by atoms with Gasteiger partial charge in [-0.1, -0.05) is 6.92 Å². The molecule has 1 N–H and O–H groups in total. The Hall–Kier alpha value is -1.50. The summed E-state index contributed by atoms with van der Waals surface area (Å²) in [4.78, 5) is 11.3. The molecule has 0 spiro atoms. The summed E-state index contributed by atoms with van der Waals surface area (Å²) in [6, 6.07) is 2.78. The highest BCUT2D eigenvalue weighted by atomic mass is 32.2. The van der Waals surface area contributed by atoms with Crippen LogP contribution in [0.2, 0.25) is 0 Å². The monoisotopic (exact) mass is 263 g/mol. The second-order valence-corrected chi connectivity index (χ2v) is 5.71. The molecule has 0 aromatic heterocycles. The molecule has 0 saturated carbocycles. The van der Waals surface area contributed by atoms with Crippen LogP contribution < -0.4 is 5.32 Å². The van der Waals surface area contributed by atoms with Crippen LogP contribution in [0.25, 0.3) is 0 Å². The Morgan fingerprint density at radius 3 is 2.47 bits per heavy atom. The number of amides is 1. The highest BCUT2D eigenvalue weighted by Gasteiger charge is 2.14. The Labute approximate surface area is 97.6 Å². The van der Waals surface area contributed by atoms with Gasteiger partial charge in [-0.2, -0.15) is 0 Å². The molecule has 94 valence electrons. The maximum Gasteiger partial charge on any atom is 0.239 e. The summed E-state index contributed by atoms with van der Waals surface area (Å²) >= 11 is 0. The van der Waals surface area contributed by atoms with Gasteiger partial charge in [0.25, 0.3) is 0 Å². The number of hydrogen-bond acceptors (Lipinski definition) is 3. The topological polar surface area (TPSA) is 63.2 Å². The third-order valence-electron chi connectivity index (χ3n) is 1.99.